The van der Waals surface area contributed by atoms with Crippen LogP contribution in [0.15, 0.2) is 9.22 Å². The molecule has 1 aromatic rings. The highest BCUT2D eigenvalue weighted by atomic mass is 127. The van der Waals surface area contributed by atoms with E-state index in [1.54, 1.807) is 0 Å². The fourth-order valence-electron chi connectivity index (χ4n) is 1.17. The van der Waals surface area contributed by atoms with Gasteiger partial charge in [-0.25, -0.2) is 0 Å². The number of hydrogen-bond donors (Lipinski definition) is 0. The lowest BCUT2D eigenvalue weighted by Gasteiger charge is -1.96. The van der Waals surface area contributed by atoms with Crippen LogP contribution >= 0.6 is 38.5 Å². The van der Waals surface area contributed by atoms with E-state index in [4.69, 9.17) is 4.42 Å². The molecule has 0 saturated heterocycles. The number of halogens is 2. The van der Waals surface area contributed by atoms with Gasteiger partial charge in [0.15, 0.2) is 0 Å². The van der Waals surface area contributed by atoms with Crippen LogP contribution in [0.25, 0.3) is 0 Å². The minimum Gasteiger partial charge on any atom is -0.435 e. The van der Waals surface area contributed by atoms with Crippen molar-refractivity contribution in [1.82, 2.24) is 4.98 Å². The Labute approximate surface area is 101 Å². The SMILES string of the molecule is CCCCCCc1oc(Br)nc1I. The van der Waals surface area contributed by atoms with Gasteiger partial charge in [-0.1, -0.05) is 26.2 Å². The van der Waals surface area contributed by atoms with Crippen LogP contribution in [0, 0.1) is 3.70 Å². The van der Waals surface area contributed by atoms with Crippen LogP contribution in [0.5, 0.6) is 0 Å². The van der Waals surface area contributed by atoms with E-state index in [1.807, 2.05) is 0 Å². The minimum atomic E-state index is 0.599. The molecule has 0 N–H and O–H groups in total. The maximum atomic E-state index is 5.39. The van der Waals surface area contributed by atoms with Crippen LogP contribution in [0.1, 0.15) is 38.4 Å². The van der Waals surface area contributed by atoms with Crippen LogP contribution in [-0.4, -0.2) is 4.98 Å². The summed E-state index contributed by atoms with van der Waals surface area (Å²) in [6, 6.07) is 0. The minimum absolute atomic E-state index is 0.599. The topological polar surface area (TPSA) is 26.0 Å². The summed E-state index contributed by atoms with van der Waals surface area (Å²) in [6.07, 6.45) is 6.08. The Hall–Kier alpha value is 0.420. The monoisotopic (exact) mass is 357 g/mol. The van der Waals surface area contributed by atoms with Gasteiger partial charge in [0.25, 0.3) is 4.80 Å². The maximum Gasteiger partial charge on any atom is 0.265 e. The van der Waals surface area contributed by atoms with E-state index in [9.17, 15) is 0 Å². The van der Waals surface area contributed by atoms with E-state index >= 15 is 0 Å². The maximum absolute atomic E-state index is 5.39. The fraction of sp³-hybridized carbons (Fsp3) is 0.667. The van der Waals surface area contributed by atoms with Crippen molar-refractivity contribution in [2.24, 2.45) is 0 Å². The summed E-state index contributed by atoms with van der Waals surface area (Å²) in [5.41, 5.74) is 0. The Kier molecular flexibility index (Phi) is 5.31. The third-order valence-corrected chi connectivity index (χ3v) is 3.06. The van der Waals surface area contributed by atoms with Crippen LogP contribution in [0.2, 0.25) is 0 Å². The van der Waals surface area contributed by atoms with Crippen LogP contribution in [0.4, 0.5) is 0 Å². The Morgan fingerprint density at radius 2 is 2.15 bits per heavy atom. The number of hydrogen-bond acceptors (Lipinski definition) is 2. The quantitative estimate of drug-likeness (QED) is 0.584. The van der Waals surface area contributed by atoms with E-state index in [0.29, 0.717) is 4.80 Å². The van der Waals surface area contributed by atoms with E-state index in [-0.39, 0.29) is 0 Å². The molecule has 0 aliphatic carbocycles. The van der Waals surface area contributed by atoms with Gasteiger partial charge >= 0.3 is 0 Å². The highest BCUT2D eigenvalue weighted by Crippen LogP contribution is 2.19. The number of oxazole rings is 1. The molecule has 0 radical (unpaired) electrons. The number of nitrogens with zero attached hydrogens (tertiary/aromatic N) is 1. The molecular weight excluding hydrogens is 345 g/mol. The molecule has 0 unspecified atom stereocenters. The van der Waals surface area contributed by atoms with Gasteiger partial charge in [-0.3, -0.25) is 0 Å². The Morgan fingerprint density at radius 1 is 1.38 bits per heavy atom. The van der Waals surface area contributed by atoms with Gasteiger partial charge in [-0.2, -0.15) is 4.98 Å². The number of aromatic nitrogens is 1. The molecular formula is C9H13BrINO. The smallest absolute Gasteiger partial charge is 0.265 e. The molecule has 13 heavy (non-hydrogen) atoms. The van der Waals surface area contributed by atoms with Crippen molar-refractivity contribution in [3.05, 3.63) is 14.3 Å². The number of unbranched alkanes of at least 4 members (excludes halogenated alkanes) is 3. The molecule has 0 aliphatic heterocycles. The fourth-order valence-corrected chi connectivity index (χ4v) is 2.48. The number of rotatable bonds is 5. The van der Waals surface area contributed by atoms with Gasteiger partial charge in [0.1, 0.15) is 9.46 Å². The zero-order valence-electron chi connectivity index (χ0n) is 7.65. The van der Waals surface area contributed by atoms with Crippen molar-refractivity contribution in [2.75, 3.05) is 0 Å². The molecule has 1 heterocycles. The van der Waals surface area contributed by atoms with Gasteiger partial charge in [-0.15, -0.1) is 0 Å². The lowest BCUT2D eigenvalue weighted by molar-refractivity contribution is 0.467. The van der Waals surface area contributed by atoms with Gasteiger partial charge < -0.3 is 4.42 Å². The van der Waals surface area contributed by atoms with Gasteiger partial charge in [-0.05, 0) is 29.0 Å². The van der Waals surface area contributed by atoms with Crippen molar-refractivity contribution < 1.29 is 4.42 Å². The molecule has 2 nitrogen and oxygen atoms in total. The molecule has 0 atom stereocenters. The van der Waals surface area contributed by atoms with Crippen molar-refractivity contribution in [1.29, 1.82) is 0 Å². The Balaban J connectivity index is 2.32. The molecule has 0 saturated carbocycles. The Bertz CT molecular complexity index is 262. The molecule has 0 amide bonds. The van der Waals surface area contributed by atoms with Crippen LogP contribution < -0.4 is 0 Å². The van der Waals surface area contributed by atoms with Gasteiger partial charge in [0.05, 0.1) is 0 Å². The summed E-state index contributed by atoms with van der Waals surface area (Å²) in [6.45, 7) is 2.22. The lowest BCUT2D eigenvalue weighted by Crippen LogP contribution is -1.86. The van der Waals surface area contributed by atoms with E-state index in [0.717, 1.165) is 15.9 Å². The molecule has 0 aliphatic rings. The summed E-state index contributed by atoms with van der Waals surface area (Å²) in [4.78, 5) is 4.75. The summed E-state index contributed by atoms with van der Waals surface area (Å²) in [5.74, 6) is 1.02. The summed E-state index contributed by atoms with van der Waals surface area (Å²) in [5, 5.41) is 0. The Morgan fingerprint density at radius 3 is 2.69 bits per heavy atom. The lowest BCUT2D eigenvalue weighted by atomic mass is 10.1. The van der Waals surface area contributed by atoms with Crippen LogP contribution in [0.3, 0.4) is 0 Å². The first-order chi connectivity index (χ1) is 6.24. The second-order valence-electron chi connectivity index (χ2n) is 2.99. The summed E-state index contributed by atoms with van der Waals surface area (Å²) < 4.78 is 6.38. The van der Waals surface area contributed by atoms with E-state index in [1.165, 1.54) is 25.7 Å². The number of aryl methyl sites for hydroxylation is 1. The summed E-state index contributed by atoms with van der Waals surface area (Å²) in [7, 11) is 0. The molecule has 1 aromatic heterocycles. The summed E-state index contributed by atoms with van der Waals surface area (Å²) >= 11 is 5.43. The van der Waals surface area contributed by atoms with E-state index in [2.05, 4.69) is 50.4 Å². The average molecular weight is 358 g/mol. The predicted octanol–water partition coefficient (Wildman–Crippen LogP) is 4.16. The molecule has 0 aromatic carbocycles. The largest absolute Gasteiger partial charge is 0.435 e. The molecule has 0 fully saturated rings. The highest BCUT2D eigenvalue weighted by molar-refractivity contribution is 14.1. The van der Waals surface area contributed by atoms with Gasteiger partial charge in [0.2, 0.25) is 0 Å². The molecule has 0 bridgehead atoms. The molecule has 1 rings (SSSR count). The van der Waals surface area contributed by atoms with Gasteiger partial charge in [0, 0.05) is 22.4 Å². The van der Waals surface area contributed by atoms with Crippen molar-refractivity contribution in [3.63, 3.8) is 0 Å². The zero-order chi connectivity index (χ0) is 9.68. The second-order valence-corrected chi connectivity index (χ2v) is 4.69. The average Bonchev–Trinajstić information content (AvgIpc) is 2.39. The second kappa shape index (κ2) is 6.01. The van der Waals surface area contributed by atoms with Crippen LogP contribution in [-0.2, 0) is 6.42 Å². The van der Waals surface area contributed by atoms with Crippen molar-refractivity contribution in [2.45, 2.75) is 39.0 Å². The van der Waals surface area contributed by atoms with Crippen molar-refractivity contribution >= 4 is 38.5 Å². The predicted molar refractivity (Wildman–Crippen MR) is 64.8 cm³/mol. The molecule has 4 heteroatoms. The zero-order valence-corrected chi connectivity index (χ0v) is 11.4. The first kappa shape index (κ1) is 11.5. The molecule has 0 spiro atoms. The molecule has 74 valence electrons. The standard InChI is InChI=1S/C9H13BrINO/c1-2-3-4-5-6-7-8(11)12-9(10)13-7/h2-6H2,1H3. The third-order valence-electron chi connectivity index (χ3n) is 1.88. The first-order valence-electron chi connectivity index (χ1n) is 4.54. The van der Waals surface area contributed by atoms with Crippen molar-refractivity contribution in [3.8, 4) is 0 Å². The first-order valence-corrected chi connectivity index (χ1v) is 6.42. The third kappa shape index (κ3) is 3.97. The van der Waals surface area contributed by atoms with E-state index < -0.39 is 0 Å². The normalized spacial score (nSPS) is 10.7. The highest BCUT2D eigenvalue weighted by Gasteiger charge is 2.07.